The second kappa shape index (κ2) is 4.65. The van der Waals surface area contributed by atoms with Gasteiger partial charge in [-0.25, -0.2) is 0 Å². The second-order valence-corrected chi connectivity index (χ2v) is 4.68. The van der Waals surface area contributed by atoms with Crippen LogP contribution in [0.4, 0.5) is 0 Å². The summed E-state index contributed by atoms with van der Waals surface area (Å²) >= 11 is 0. The quantitative estimate of drug-likeness (QED) is 0.774. The van der Waals surface area contributed by atoms with Gasteiger partial charge in [-0.1, -0.05) is 0 Å². The summed E-state index contributed by atoms with van der Waals surface area (Å²) in [6.45, 7) is 6.43. The maximum atomic E-state index is 11.8. The largest absolute Gasteiger partial charge is 0.351 e. The Morgan fingerprint density at radius 1 is 1.62 bits per heavy atom. The lowest BCUT2D eigenvalue weighted by molar-refractivity contribution is -0.129. The lowest BCUT2D eigenvalue weighted by Crippen LogP contribution is -2.41. The monoisotopic (exact) mass is 224 g/mol. The predicted molar refractivity (Wildman–Crippen MR) is 62.6 cm³/mol. The number of hydrogen-bond donors (Lipinski definition) is 2. The molecule has 0 aliphatic heterocycles. The van der Waals surface area contributed by atoms with Gasteiger partial charge < -0.3 is 11.1 Å². The molecule has 1 rings (SSSR count). The first kappa shape index (κ1) is 12.7. The Morgan fingerprint density at radius 3 is 2.69 bits per heavy atom. The maximum absolute atomic E-state index is 11.8. The zero-order valence-corrected chi connectivity index (χ0v) is 10.4. The number of nitrogens with zero attached hydrogens (tertiary/aromatic N) is 2. The molecule has 0 radical (unpaired) electrons. The third kappa shape index (κ3) is 2.82. The molecule has 5 heteroatoms. The summed E-state index contributed by atoms with van der Waals surface area (Å²) < 4.78 is 1.74. The number of aromatic nitrogens is 2. The van der Waals surface area contributed by atoms with Crippen LogP contribution < -0.4 is 11.1 Å². The van der Waals surface area contributed by atoms with Gasteiger partial charge in [0.25, 0.3) is 0 Å². The van der Waals surface area contributed by atoms with Crippen molar-refractivity contribution in [3.05, 3.63) is 17.5 Å². The number of carbonyl (C=O) groups excluding carboxylic acids is 1. The van der Waals surface area contributed by atoms with Crippen LogP contribution in [0.1, 0.15) is 25.1 Å². The number of rotatable bonds is 4. The molecule has 0 bridgehead atoms. The van der Waals surface area contributed by atoms with Crippen LogP contribution in [0.2, 0.25) is 0 Å². The van der Waals surface area contributed by atoms with Crippen LogP contribution in [0, 0.1) is 12.3 Å². The van der Waals surface area contributed by atoms with Gasteiger partial charge in [0.15, 0.2) is 0 Å². The van der Waals surface area contributed by atoms with Gasteiger partial charge in [-0.05, 0) is 20.8 Å². The van der Waals surface area contributed by atoms with E-state index in [-0.39, 0.29) is 5.91 Å². The first-order valence-electron chi connectivity index (χ1n) is 5.34. The Bertz CT molecular complexity index is 381. The molecule has 16 heavy (non-hydrogen) atoms. The van der Waals surface area contributed by atoms with E-state index in [2.05, 4.69) is 10.4 Å². The summed E-state index contributed by atoms with van der Waals surface area (Å²) in [7, 11) is 1.86. The number of aryl methyl sites for hydroxylation is 2. The minimum atomic E-state index is -0.518. The second-order valence-electron chi connectivity index (χ2n) is 4.68. The molecule has 0 saturated heterocycles. The molecule has 1 amide bonds. The van der Waals surface area contributed by atoms with Gasteiger partial charge in [0.05, 0.1) is 11.1 Å². The van der Waals surface area contributed by atoms with Crippen molar-refractivity contribution in [2.24, 2.45) is 18.2 Å². The van der Waals surface area contributed by atoms with Crippen molar-refractivity contribution in [3.8, 4) is 0 Å². The fourth-order valence-electron chi connectivity index (χ4n) is 1.33. The van der Waals surface area contributed by atoms with E-state index in [1.165, 1.54) is 0 Å². The van der Waals surface area contributed by atoms with Crippen molar-refractivity contribution < 1.29 is 4.79 Å². The van der Waals surface area contributed by atoms with E-state index in [1.54, 1.807) is 4.68 Å². The van der Waals surface area contributed by atoms with Gasteiger partial charge in [-0.2, -0.15) is 5.10 Å². The lowest BCUT2D eigenvalue weighted by Gasteiger charge is -2.21. The van der Waals surface area contributed by atoms with Gasteiger partial charge >= 0.3 is 0 Å². The zero-order valence-electron chi connectivity index (χ0n) is 10.4. The molecule has 0 saturated carbocycles. The minimum Gasteiger partial charge on any atom is -0.351 e. The molecule has 0 spiro atoms. The number of hydrogen-bond acceptors (Lipinski definition) is 3. The van der Waals surface area contributed by atoms with Gasteiger partial charge in [0.1, 0.15) is 0 Å². The molecule has 1 aromatic rings. The van der Waals surface area contributed by atoms with Crippen LogP contribution in [0.3, 0.4) is 0 Å². The van der Waals surface area contributed by atoms with E-state index in [4.69, 9.17) is 5.73 Å². The molecule has 0 aliphatic rings. The number of nitrogens with two attached hydrogens (primary N) is 1. The first-order valence-corrected chi connectivity index (χ1v) is 5.34. The highest BCUT2D eigenvalue weighted by atomic mass is 16.2. The molecule has 5 nitrogen and oxygen atoms in total. The van der Waals surface area contributed by atoms with Crippen LogP contribution in [-0.4, -0.2) is 22.2 Å². The van der Waals surface area contributed by atoms with Gasteiger partial charge in [-0.3, -0.25) is 9.48 Å². The Kier molecular flexibility index (Phi) is 3.70. The van der Waals surface area contributed by atoms with Gasteiger partial charge in [0.2, 0.25) is 5.91 Å². The van der Waals surface area contributed by atoms with Crippen LogP contribution in [0.15, 0.2) is 6.20 Å². The molecular weight excluding hydrogens is 204 g/mol. The van der Waals surface area contributed by atoms with Gasteiger partial charge in [0, 0.05) is 31.9 Å². The summed E-state index contributed by atoms with van der Waals surface area (Å²) in [5.74, 6) is -0.0294. The zero-order chi connectivity index (χ0) is 12.3. The van der Waals surface area contributed by atoms with E-state index < -0.39 is 5.41 Å². The highest BCUT2D eigenvalue weighted by Gasteiger charge is 2.25. The van der Waals surface area contributed by atoms with E-state index in [0.29, 0.717) is 13.1 Å². The SMILES string of the molecule is Cc1nn(C)cc1CNC(=O)C(C)(C)CN. The number of nitrogens with one attached hydrogen (secondary N) is 1. The van der Waals surface area contributed by atoms with Crippen molar-refractivity contribution >= 4 is 5.91 Å². The summed E-state index contributed by atoms with van der Waals surface area (Å²) in [4.78, 5) is 11.8. The third-order valence-corrected chi connectivity index (χ3v) is 2.68. The fourth-order valence-corrected chi connectivity index (χ4v) is 1.33. The lowest BCUT2D eigenvalue weighted by atomic mass is 9.92. The van der Waals surface area contributed by atoms with Crippen molar-refractivity contribution in [3.63, 3.8) is 0 Å². The third-order valence-electron chi connectivity index (χ3n) is 2.68. The topological polar surface area (TPSA) is 72.9 Å². The Labute approximate surface area is 96.0 Å². The molecule has 0 aromatic carbocycles. The van der Waals surface area contributed by atoms with Crippen molar-refractivity contribution in [1.29, 1.82) is 0 Å². The van der Waals surface area contributed by atoms with Crippen molar-refractivity contribution in [2.75, 3.05) is 6.54 Å². The summed E-state index contributed by atoms with van der Waals surface area (Å²) in [6, 6.07) is 0. The van der Waals surface area contributed by atoms with E-state index >= 15 is 0 Å². The smallest absolute Gasteiger partial charge is 0.227 e. The Hall–Kier alpha value is -1.36. The summed E-state index contributed by atoms with van der Waals surface area (Å²) in [5, 5.41) is 7.08. The van der Waals surface area contributed by atoms with Crippen LogP contribution in [-0.2, 0) is 18.4 Å². The van der Waals surface area contributed by atoms with Gasteiger partial charge in [-0.15, -0.1) is 0 Å². The highest BCUT2D eigenvalue weighted by molar-refractivity contribution is 5.82. The van der Waals surface area contributed by atoms with E-state index in [9.17, 15) is 4.79 Å². The molecule has 0 fully saturated rings. The Morgan fingerprint density at radius 2 is 2.25 bits per heavy atom. The number of carbonyl (C=O) groups is 1. The highest BCUT2D eigenvalue weighted by Crippen LogP contribution is 2.13. The van der Waals surface area contributed by atoms with Crippen LogP contribution in [0.25, 0.3) is 0 Å². The molecule has 0 unspecified atom stereocenters. The van der Waals surface area contributed by atoms with E-state index in [1.807, 2.05) is 34.0 Å². The maximum Gasteiger partial charge on any atom is 0.227 e. The molecule has 1 heterocycles. The number of amides is 1. The predicted octanol–water partition coefficient (Wildman–Crippen LogP) is 0.330. The summed E-state index contributed by atoms with van der Waals surface area (Å²) in [6.07, 6.45) is 1.91. The average Bonchev–Trinajstić information content (AvgIpc) is 2.53. The standard InChI is InChI=1S/C11H20N4O/c1-8-9(6-15(4)14-8)5-13-10(16)11(2,3)7-12/h6H,5,7,12H2,1-4H3,(H,13,16). The fraction of sp³-hybridized carbons (Fsp3) is 0.636. The summed E-state index contributed by atoms with van der Waals surface area (Å²) in [5.41, 5.74) is 6.98. The first-order chi connectivity index (χ1) is 7.36. The molecule has 0 atom stereocenters. The average molecular weight is 224 g/mol. The Balaban J connectivity index is 2.59. The van der Waals surface area contributed by atoms with Crippen molar-refractivity contribution in [1.82, 2.24) is 15.1 Å². The molecule has 0 aliphatic carbocycles. The molecule has 3 N–H and O–H groups in total. The normalized spacial score (nSPS) is 11.6. The van der Waals surface area contributed by atoms with Crippen LogP contribution in [0.5, 0.6) is 0 Å². The van der Waals surface area contributed by atoms with Crippen molar-refractivity contribution in [2.45, 2.75) is 27.3 Å². The molecular formula is C11H20N4O. The van der Waals surface area contributed by atoms with E-state index in [0.717, 1.165) is 11.3 Å². The minimum absolute atomic E-state index is 0.0294. The molecule has 90 valence electrons. The molecule has 1 aromatic heterocycles. The van der Waals surface area contributed by atoms with Crippen LogP contribution >= 0.6 is 0 Å².